The number of nitrogens with zero attached hydrogens (tertiary/aromatic N) is 7. The molecule has 0 aliphatic carbocycles. The van der Waals surface area contributed by atoms with Gasteiger partial charge in [0, 0.05) is 11.7 Å². The van der Waals surface area contributed by atoms with E-state index in [0.29, 0.717) is 20.3 Å². The summed E-state index contributed by atoms with van der Waals surface area (Å²) in [5, 5.41) is 14.2. The molecule has 0 atom stereocenters. The Morgan fingerprint density at radius 3 is 2.74 bits per heavy atom. The minimum absolute atomic E-state index is 0.0329. The Labute approximate surface area is 214 Å². The molecule has 4 rings (SSSR count). The van der Waals surface area contributed by atoms with E-state index < -0.39 is 47.6 Å². The van der Waals surface area contributed by atoms with Gasteiger partial charge in [-0.05, 0) is 28.8 Å². The number of hydrogen-bond donors (Lipinski definition) is 2. The SMILES string of the molecule is COc1nc(/N=[N+]2\CCN(S(C)(=O)=O)CC2(F)F)nn2cc(F)c(-c3ccc(N=N)c(NCCCF)c3)c12. The minimum atomic E-state index is -3.82. The van der Waals surface area contributed by atoms with Crippen LogP contribution in [-0.4, -0.2) is 84.3 Å². The zero-order valence-electron chi connectivity index (χ0n) is 20.3. The van der Waals surface area contributed by atoms with Gasteiger partial charge in [0.05, 0.1) is 44.0 Å². The molecule has 1 aromatic carbocycles. The Bertz CT molecular complexity index is 1510. The molecule has 1 saturated heterocycles. The molecule has 0 bridgehead atoms. The van der Waals surface area contributed by atoms with Gasteiger partial charge in [-0.3, -0.25) is 4.39 Å². The smallest absolute Gasteiger partial charge is 0.479 e. The second-order valence-corrected chi connectivity index (χ2v) is 10.3. The van der Waals surface area contributed by atoms with Crippen LogP contribution < -0.4 is 10.1 Å². The highest BCUT2D eigenvalue weighted by molar-refractivity contribution is 7.88. The van der Waals surface area contributed by atoms with E-state index in [4.69, 9.17) is 10.3 Å². The van der Waals surface area contributed by atoms with Crippen LogP contribution >= 0.6 is 0 Å². The number of rotatable bonds is 9. The number of hydrogen-bond acceptors (Lipinski definition) is 9. The van der Waals surface area contributed by atoms with Gasteiger partial charge < -0.3 is 10.1 Å². The molecule has 0 radical (unpaired) electrons. The van der Waals surface area contributed by atoms with Crippen molar-refractivity contribution in [2.45, 2.75) is 12.5 Å². The molecule has 0 unspecified atom stereocenters. The average molecular weight is 559 g/mol. The van der Waals surface area contributed by atoms with Gasteiger partial charge in [0.15, 0.2) is 12.4 Å². The number of piperazine rings is 1. The number of benzene rings is 1. The van der Waals surface area contributed by atoms with Crippen molar-refractivity contribution in [1.82, 2.24) is 18.9 Å². The first-order chi connectivity index (χ1) is 18.0. The molecular formula is C21H24F4N9O3S+. The van der Waals surface area contributed by atoms with E-state index in [-0.39, 0.29) is 42.2 Å². The van der Waals surface area contributed by atoms with Crippen molar-refractivity contribution in [3.8, 4) is 17.0 Å². The zero-order valence-corrected chi connectivity index (χ0v) is 21.1. The fraction of sp³-hybridized carbons (Fsp3) is 0.429. The fourth-order valence-electron chi connectivity index (χ4n) is 3.95. The highest BCUT2D eigenvalue weighted by Crippen LogP contribution is 2.38. The van der Waals surface area contributed by atoms with Crippen molar-refractivity contribution >= 4 is 32.9 Å². The molecule has 0 saturated carbocycles. The number of fused-ring (bicyclic) bond motifs is 1. The van der Waals surface area contributed by atoms with Gasteiger partial charge in [-0.2, -0.15) is 14.4 Å². The predicted octanol–water partition coefficient (Wildman–Crippen LogP) is 3.94. The first-order valence-electron chi connectivity index (χ1n) is 11.3. The lowest BCUT2D eigenvalue weighted by Crippen LogP contribution is -2.54. The van der Waals surface area contributed by atoms with Gasteiger partial charge >= 0.3 is 12.0 Å². The second-order valence-electron chi connectivity index (χ2n) is 8.36. The van der Waals surface area contributed by atoms with Crippen LogP contribution in [0.4, 0.5) is 34.9 Å². The Morgan fingerprint density at radius 2 is 2.11 bits per heavy atom. The lowest BCUT2D eigenvalue weighted by molar-refractivity contribution is -0.730. The summed E-state index contributed by atoms with van der Waals surface area (Å²) in [5.41, 5.74) is 8.44. The molecule has 204 valence electrons. The molecular weight excluding hydrogens is 534 g/mol. The number of nitrogens with one attached hydrogen (secondary N) is 2. The van der Waals surface area contributed by atoms with Gasteiger partial charge in [0.25, 0.3) is 0 Å². The Kier molecular flexibility index (Phi) is 7.59. The summed E-state index contributed by atoms with van der Waals surface area (Å²) in [4.78, 5) is 4.06. The normalized spacial score (nSPS) is 17.2. The highest BCUT2D eigenvalue weighted by Gasteiger charge is 2.52. The second kappa shape index (κ2) is 10.6. The average Bonchev–Trinajstić information content (AvgIpc) is 3.19. The number of sulfonamides is 1. The monoisotopic (exact) mass is 558 g/mol. The number of halogens is 4. The van der Waals surface area contributed by atoms with Crippen molar-refractivity contribution in [3.05, 3.63) is 30.2 Å². The van der Waals surface area contributed by atoms with Crippen LogP contribution in [0.1, 0.15) is 6.42 Å². The van der Waals surface area contributed by atoms with E-state index in [0.717, 1.165) is 17.0 Å². The molecule has 12 nitrogen and oxygen atoms in total. The number of azo groups is 2. The molecule has 0 spiro atoms. The first-order valence-corrected chi connectivity index (χ1v) is 13.1. The zero-order chi connectivity index (χ0) is 27.7. The number of ether oxygens (including phenoxy) is 1. The standard InChI is InChI=1S/C21H24F4N9O3S/c1-37-19-18-17(13-4-5-15(29-26)16(10-13)27-7-3-6-22)14(23)11-33(18)30-20(28-19)31-34-9-8-32(38(2,35)36)12-21(34,24)25/h4-5,10-11,26-27H,3,6-9,12H2,1-2H3/q+1. The van der Waals surface area contributed by atoms with Crippen LogP contribution in [-0.2, 0) is 10.0 Å². The summed E-state index contributed by atoms with van der Waals surface area (Å²) < 4.78 is 87.8. The quantitative estimate of drug-likeness (QED) is 0.134. The van der Waals surface area contributed by atoms with Crippen molar-refractivity contribution in [2.75, 3.05) is 51.5 Å². The Hall–Kier alpha value is -3.73. The van der Waals surface area contributed by atoms with E-state index in [1.165, 1.54) is 25.3 Å². The molecule has 38 heavy (non-hydrogen) atoms. The van der Waals surface area contributed by atoms with Crippen LogP contribution in [0.25, 0.3) is 16.6 Å². The molecule has 3 heterocycles. The van der Waals surface area contributed by atoms with Crippen LogP contribution in [0.15, 0.2) is 34.6 Å². The van der Waals surface area contributed by atoms with Crippen LogP contribution in [0.2, 0.25) is 0 Å². The highest BCUT2D eigenvalue weighted by atomic mass is 32.2. The van der Waals surface area contributed by atoms with Crippen molar-refractivity contribution in [2.24, 2.45) is 10.2 Å². The Morgan fingerprint density at radius 1 is 1.34 bits per heavy atom. The maximum absolute atomic E-state index is 15.2. The summed E-state index contributed by atoms with van der Waals surface area (Å²) in [7, 11) is -2.57. The predicted molar refractivity (Wildman–Crippen MR) is 127 cm³/mol. The molecule has 17 heteroatoms. The lowest BCUT2D eigenvalue weighted by Gasteiger charge is -2.26. The van der Waals surface area contributed by atoms with Crippen LogP contribution in [0.3, 0.4) is 0 Å². The number of alkyl halides is 3. The maximum Gasteiger partial charge on any atom is 0.493 e. The Balaban J connectivity index is 1.76. The number of aromatic nitrogens is 3. The summed E-state index contributed by atoms with van der Waals surface area (Å²) in [6, 6.07) is 0.893. The van der Waals surface area contributed by atoms with Gasteiger partial charge in [0.2, 0.25) is 15.9 Å². The maximum atomic E-state index is 15.2. The summed E-state index contributed by atoms with van der Waals surface area (Å²) in [6.07, 6.45) is 2.07. The van der Waals surface area contributed by atoms with Crippen molar-refractivity contribution < 1.29 is 35.4 Å². The van der Waals surface area contributed by atoms with Gasteiger partial charge in [-0.25, -0.2) is 22.9 Å². The van der Waals surface area contributed by atoms with E-state index in [9.17, 15) is 21.6 Å². The van der Waals surface area contributed by atoms with Gasteiger partial charge in [0.1, 0.15) is 17.7 Å². The van der Waals surface area contributed by atoms with E-state index in [1.54, 1.807) is 0 Å². The molecule has 0 amide bonds. The number of anilines is 1. The summed E-state index contributed by atoms with van der Waals surface area (Å²) in [5.74, 6) is -1.34. The van der Waals surface area contributed by atoms with Crippen molar-refractivity contribution in [3.63, 3.8) is 0 Å². The third kappa shape index (κ3) is 5.42. The van der Waals surface area contributed by atoms with E-state index in [1.807, 2.05) is 0 Å². The third-order valence-corrected chi connectivity index (χ3v) is 7.00. The largest absolute Gasteiger partial charge is 0.493 e. The van der Waals surface area contributed by atoms with E-state index >= 15 is 4.39 Å². The summed E-state index contributed by atoms with van der Waals surface area (Å²) in [6.45, 7) is -2.02. The molecule has 2 aromatic heterocycles. The summed E-state index contributed by atoms with van der Waals surface area (Å²) >= 11 is 0. The molecule has 2 N–H and O–H groups in total. The van der Waals surface area contributed by atoms with Crippen LogP contribution in [0, 0.1) is 11.3 Å². The minimum Gasteiger partial charge on any atom is -0.479 e. The molecule has 1 aliphatic heterocycles. The number of methoxy groups -OCH3 is 1. The van der Waals surface area contributed by atoms with E-state index in [2.05, 4.69) is 25.6 Å². The van der Waals surface area contributed by atoms with Gasteiger partial charge in [-0.15, -0.1) is 13.9 Å². The molecule has 1 fully saturated rings. The van der Waals surface area contributed by atoms with Gasteiger partial charge in [-0.1, -0.05) is 6.07 Å². The lowest BCUT2D eigenvalue weighted by atomic mass is 10.0. The third-order valence-electron chi connectivity index (χ3n) is 5.75. The van der Waals surface area contributed by atoms with Crippen LogP contribution in [0.5, 0.6) is 5.88 Å². The fourth-order valence-corrected chi connectivity index (χ4v) is 4.75. The topological polar surface area (TPSA) is 140 Å². The molecule has 3 aromatic rings. The first kappa shape index (κ1) is 27.3. The molecule has 1 aliphatic rings. The van der Waals surface area contributed by atoms with Crippen molar-refractivity contribution in [1.29, 1.82) is 5.53 Å².